The van der Waals surface area contributed by atoms with Gasteiger partial charge in [-0.2, -0.15) is 21.6 Å². The SMILES string of the molecule is CCC1COc2ccc(Oc3cc(Cl)ccc3NS(=O)(=O)C(F)(F)F)cc21. The standard InChI is InChI=1S/C17H15ClF3NO4S/c1-2-10-9-25-15-6-4-12(8-13(10)15)26-16-7-11(18)3-5-14(16)22-27(23,24)17(19,20)21/h3-8,10,22H,2,9H2,1H3. The maximum Gasteiger partial charge on any atom is 0.516 e. The first kappa shape index (κ1) is 19.6. The smallest absolute Gasteiger partial charge is 0.493 e. The van der Waals surface area contributed by atoms with Crippen LogP contribution in [0.3, 0.4) is 0 Å². The fourth-order valence-corrected chi connectivity index (χ4v) is 3.39. The van der Waals surface area contributed by atoms with E-state index in [2.05, 4.69) is 0 Å². The first-order valence-electron chi connectivity index (χ1n) is 7.94. The van der Waals surface area contributed by atoms with Gasteiger partial charge in [0.05, 0.1) is 12.3 Å². The molecule has 0 bridgehead atoms. The zero-order chi connectivity index (χ0) is 19.8. The third kappa shape index (κ3) is 4.08. The first-order chi connectivity index (χ1) is 12.6. The van der Waals surface area contributed by atoms with E-state index < -0.39 is 15.5 Å². The lowest BCUT2D eigenvalue weighted by molar-refractivity contribution is -0.0429. The predicted molar refractivity (Wildman–Crippen MR) is 95.1 cm³/mol. The van der Waals surface area contributed by atoms with Crippen molar-refractivity contribution in [1.82, 2.24) is 0 Å². The molecule has 2 aromatic carbocycles. The Labute approximate surface area is 159 Å². The largest absolute Gasteiger partial charge is 0.516 e. The van der Waals surface area contributed by atoms with Crippen molar-refractivity contribution < 1.29 is 31.1 Å². The van der Waals surface area contributed by atoms with E-state index >= 15 is 0 Å². The van der Waals surface area contributed by atoms with Crippen LogP contribution in [0.4, 0.5) is 18.9 Å². The molecule has 0 aliphatic carbocycles. The lowest BCUT2D eigenvalue weighted by atomic mass is 9.99. The van der Waals surface area contributed by atoms with Gasteiger partial charge in [0.15, 0.2) is 5.75 Å². The Hall–Kier alpha value is -2.13. The number of rotatable bonds is 5. The van der Waals surface area contributed by atoms with E-state index in [1.165, 1.54) is 16.9 Å². The number of alkyl halides is 3. The van der Waals surface area contributed by atoms with Crippen LogP contribution in [-0.4, -0.2) is 20.5 Å². The minimum absolute atomic E-state index is 0.151. The molecule has 1 heterocycles. The summed E-state index contributed by atoms with van der Waals surface area (Å²) in [4.78, 5) is 0. The van der Waals surface area contributed by atoms with E-state index in [0.717, 1.165) is 23.8 Å². The van der Waals surface area contributed by atoms with Crippen LogP contribution in [0, 0.1) is 0 Å². The number of ether oxygens (including phenoxy) is 2. The molecule has 1 aliphatic rings. The molecule has 1 aliphatic heterocycles. The van der Waals surface area contributed by atoms with Crippen molar-refractivity contribution in [3.8, 4) is 17.2 Å². The average molecular weight is 422 g/mol. The van der Waals surface area contributed by atoms with Crippen molar-refractivity contribution in [3.63, 3.8) is 0 Å². The molecule has 1 atom stereocenters. The molecule has 146 valence electrons. The Balaban J connectivity index is 1.93. The van der Waals surface area contributed by atoms with Crippen LogP contribution >= 0.6 is 11.6 Å². The van der Waals surface area contributed by atoms with E-state index in [1.807, 2.05) is 6.92 Å². The Morgan fingerprint density at radius 1 is 1.26 bits per heavy atom. The van der Waals surface area contributed by atoms with Crippen LogP contribution in [-0.2, 0) is 10.0 Å². The summed E-state index contributed by atoms with van der Waals surface area (Å²) in [5, 5.41) is 0.177. The molecule has 27 heavy (non-hydrogen) atoms. The van der Waals surface area contributed by atoms with Crippen LogP contribution in [0.15, 0.2) is 36.4 Å². The maximum atomic E-state index is 12.7. The fourth-order valence-electron chi connectivity index (χ4n) is 2.65. The highest BCUT2D eigenvalue weighted by Crippen LogP contribution is 2.40. The van der Waals surface area contributed by atoms with Crippen LogP contribution in [0.2, 0.25) is 5.02 Å². The number of anilines is 1. The van der Waals surface area contributed by atoms with Crippen molar-refractivity contribution in [3.05, 3.63) is 47.0 Å². The van der Waals surface area contributed by atoms with Gasteiger partial charge in [0.2, 0.25) is 0 Å². The van der Waals surface area contributed by atoms with Crippen LogP contribution in [0.1, 0.15) is 24.8 Å². The minimum Gasteiger partial charge on any atom is -0.493 e. The van der Waals surface area contributed by atoms with Gasteiger partial charge in [-0.3, -0.25) is 4.72 Å². The number of benzene rings is 2. The monoisotopic (exact) mass is 421 g/mol. The first-order valence-corrected chi connectivity index (χ1v) is 9.80. The molecule has 3 rings (SSSR count). The van der Waals surface area contributed by atoms with Gasteiger partial charge in [-0.1, -0.05) is 18.5 Å². The highest BCUT2D eigenvalue weighted by atomic mass is 35.5. The Morgan fingerprint density at radius 3 is 2.67 bits per heavy atom. The van der Waals surface area contributed by atoms with Gasteiger partial charge in [0.25, 0.3) is 0 Å². The van der Waals surface area contributed by atoms with Gasteiger partial charge < -0.3 is 9.47 Å². The zero-order valence-electron chi connectivity index (χ0n) is 14.0. The summed E-state index contributed by atoms with van der Waals surface area (Å²) in [5.41, 5.74) is -4.90. The molecule has 1 unspecified atom stereocenters. The molecule has 0 spiro atoms. The van der Waals surface area contributed by atoms with Crippen molar-refractivity contribution in [2.45, 2.75) is 24.8 Å². The number of sulfonamides is 1. The Bertz CT molecular complexity index is 963. The number of hydrogen-bond donors (Lipinski definition) is 1. The molecule has 0 saturated carbocycles. The molecular weight excluding hydrogens is 407 g/mol. The summed E-state index contributed by atoms with van der Waals surface area (Å²) in [7, 11) is -5.59. The second kappa shape index (κ2) is 7.12. The topological polar surface area (TPSA) is 64.6 Å². The molecule has 0 saturated heterocycles. The minimum atomic E-state index is -5.59. The summed E-state index contributed by atoms with van der Waals surface area (Å²) in [6, 6.07) is 8.60. The molecular formula is C17H15ClF3NO4S. The summed E-state index contributed by atoms with van der Waals surface area (Å²) in [6.07, 6.45) is 0.851. The molecule has 2 aromatic rings. The molecule has 0 radical (unpaired) electrons. The van der Waals surface area contributed by atoms with E-state index in [9.17, 15) is 21.6 Å². The average Bonchev–Trinajstić information content (AvgIpc) is 2.98. The highest BCUT2D eigenvalue weighted by Gasteiger charge is 2.46. The van der Waals surface area contributed by atoms with Gasteiger partial charge >= 0.3 is 15.5 Å². The molecule has 1 N–H and O–H groups in total. The third-order valence-corrected chi connectivity index (χ3v) is 5.41. The van der Waals surface area contributed by atoms with Gasteiger partial charge in [0, 0.05) is 22.6 Å². The van der Waals surface area contributed by atoms with E-state index in [1.54, 1.807) is 18.2 Å². The number of nitrogens with one attached hydrogen (secondary N) is 1. The number of fused-ring (bicyclic) bond motifs is 1. The summed E-state index contributed by atoms with van der Waals surface area (Å²) in [6.45, 7) is 2.56. The van der Waals surface area contributed by atoms with Crippen molar-refractivity contribution in [2.24, 2.45) is 0 Å². The second-order valence-corrected chi connectivity index (χ2v) is 8.02. The normalized spacial score (nSPS) is 16.6. The summed E-state index contributed by atoms with van der Waals surface area (Å²) < 4.78 is 73.5. The molecule has 0 aromatic heterocycles. The third-order valence-electron chi connectivity index (χ3n) is 4.07. The number of halogens is 4. The van der Waals surface area contributed by atoms with Crippen LogP contribution in [0.25, 0.3) is 0 Å². The predicted octanol–water partition coefficient (Wildman–Crippen LogP) is 5.28. The fraction of sp³-hybridized carbons (Fsp3) is 0.294. The van der Waals surface area contributed by atoms with E-state index in [0.29, 0.717) is 12.4 Å². The van der Waals surface area contributed by atoms with Crippen molar-refractivity contribution in [2.75, 3.05) is 11.3 Å². The van der Waals surface area contributed by atoms with E-state index in [-0.39, 0.29) is 22.4 Å². The summed E-state index contributed by atoms with van der Waals surface area (Å²) >= 11 is 5.88. The molecule has 5 nitrogen and oxygen atoms in total. The maximum absolute atomic E-state index is 12.7. The number of hydrogen-bond acceptors (Lipinski definition) is 4. The zero-order valence-corrected chi connectivity index (χ0v) is 15.6. The molecule has 0 fully saturated rings. The van der Waals surface area contributed by atoms with E-state index in [4.69, 9.17) is 21.1 Å². The summed E-state index contributed by atoms with van der Waals surface area (Å²) in [5.74, 6) is 1.08. The van der Waals surface area contributed by atoms with Gasteiger partial charge in [-0.15, -0.1) is 0 Å². The van der Waals surface area contributed by atoms with Crippen molar-refractivity contribution >= 4 is 27.3 Å². The van der Waals surface area contributed by atoms with Gasteiger partial charge in [-0.05, 0) is 36.8 Å². The lowest BCUT2D eigenvalue weighted by Crippen LogP contribution is -2.30. The molecule has 10 heteroatoms. The van der Waals surface area contributed by atoms with Crippen LogP contribution < -0.4 is 14.2 Å². The second-order valence-electron chi connectivity index (χ2n) is 5.91. The quantitative estimate of drug-likeness (QED) is 0.713. The lowest BCUT2D eigenvalue weighted by Gasteiger charge is -2.15. The Morgan fingerprint density at radius 2 is 2.00 bits per heavy atom. The van der Waals surface area contributed by atoms with Gasteiger partial charge in [-0.25, -0.2) is 0 Å². The van der Waals surface area contributed by atoms with Crippen LogP contribution in [0.5, 0.6) is 17.2 Å². The Kier molecular flexibility index (Phi) is 5.18. The molecule has 0 amide bonds. The van der Waals surface area contributed by atoms with Gasteiger partial charge in [0.1, 0.15) is 11.5 Å². The highest BCUT2D eigenvalue weighted by molar-refractivity contribution is 7.93. The van der Waals surface area contributed by atoms with Crippen molar-refractivity contribution in [1.29, 1.82) is 0 Å².